The first-order valence-electron chi connectivity index (χ1n) is 7.47. The molecule has 1 aromatic carbocycles. The Morgan fingerprint density at radius 1 is 1.09 bits per heavy atom. The standard InChI is InChI=1S/C19H16N2S2/c1-12-8-13(2)10-14(9-12)15-5-6-20-19-18(15)16(11-21-19)23-17-4-3-7-22-17/h3-11H,1-2H3,(H,20,21). The number of pyridine rings is 1. The Hall–Kier alpha value is -2.04. The van der Waals surface area contributed by atoms with Crippen molar-refractivity contribution in [1.82, 2.24) is 9.97 Å². The summed E-state index contributed by atoms with van der Waals surface area (Å²) in [6.07, 6.45) is 3.94. The van der Waals surface area contributed by atoms with Crippen LogP contribution in [0, 0.1) is 13.8 Å². The van der Waals surface area contributed by atoms with Crippen molar-refractivity contribution in [1.29, 1.82) is 0 Å². The van der Waals surface area contributed by atoms with Crippen LogP contribution in [0.1, 0.15) is 11.1 Å². The van der Waals surface area contributed by atoms with E-state index in [9.17, 15) is 0 Å². The van der Waals surface area contributed by atoms with E-state index in [1.165, 1.54) is 36.7 Å². The highest BCUT2D eigenvalue weighted by Crippen LogP contribution is 2.40. The van der Waals surface area contributed by atoms with Crippen molar-refractivity contribution in [2.24, 2.45) is 0 Å². The van der Waals surface area contributed by atoms with Gasteiger partial charge in [0.05, 0.1) is 4.21 Å². The van der Waals surface area contributed by atoms with Gasteiger partial charge in [0.15, 0.2) is 0 Å². The molecule has 0 saturated carbocycles. The SMILES string of the molecule is Cc1cc(C)cc(-c2ccnc3[nH]cc(Sc4cccs4)c23)c1. The molecule has 0 unspecified atom stereocenters. The first kappa shape index (κ1) is 14.5. The highest BCUT2D eigenvalue weighted by molar-refractivity contribution is 8.01. The van der Waals surface area contributed by atoms with Gasteiger partial charge in [-0.1, -0.05) is 47.2 Å². The fourth-order valence-electron chi connectivity index (χ4n) is 2.91. The molecule has 0 spiro atoms. The maximum Gasteiger partial charge on any atom is 0.139 e. The summed E-state index contributed by atoms with van der Waals surface area (Å²) in [7, 11) is 0. The van der Waals surface area contributed by atoms with E-state index in [-0.39, 0.29) is 0 Å². The average Bonchev–Trinajstić information content (AvgIpc) is 3.17. The number of aromatic nitrogens is 2. The normalized spacial score (nSPS) is 11.2. The van der Waals surface area contributed by atoms with Crippen LogP contribution in [-0.2, 0) is 0 Å². The minimum Gasteiger partial charge on any atom is -0.345 e. The van der Waals surface area contributed by atoms with Crippen LogP contribution in [0.3, 0.4) is 0 Å². The smallest absolute Gasteiger partial charge is 0.139 e. The lowest BCUT2D eigenvalue weighted by molar-refractivity contribution is 1.32. The molecule has 0 radical (unpaired) electrons. The zero-order valence-electron chi connectivity index (χ0n) is 13.0. The molecule has 0 saturated heterocycles. The molecule has 0 aliphatic carbocycles. The van der Waals surface area contributed by atoms with E-state index in [0.717, 1.165) is 5.65 Å². The van der Waals surface area contributed by atoms with Gasteiger partial charge in [0.1, 0.15) is 5.65 Å². The van der Waals surface area contributed by atoms with Crippen LogP contribution in [0.25, 0.3) is 22.2 Å². The van der Waals surface area contributed by atoms with Crippen molar-refractivity contribution in [3.63, 3.8) is 0 Å². The molecule has 0 fully saturated rings. The van der Waals surface area contributed by atoms with Gasteiger partial charge < -0.3 is 4.98 Å². The van der Waals surface area contributed by atoms with Gasteiger partial charge in [0, 0.05) is 22.7 Å². The van der Waals surface area contributed by atoms with Crippen LogP contribution in [-0.4, -0.2) is 9.97 Å². The predicted molar refractivity (Wildman–Crippen MR) is 99.4 cm³/mol. The van der Waals surface area contributed by atoms with Gasteiger partial charge in [-0.05, 0) is 42.5 Å². The molecule has 0 aliphatic heterocycles. The fraction of sp³-hybridized carbons (Fsp3) is 0.105. The Bertz CT molecular complexity index is 948. The summed E-state index contributed by atoms with van der Waals surface area (Å²) in [4.78, 5) is 9.04. The Morgan fingerprint density at radius 2 is 1.91 bits per heavy atom. The van der Waals surface area contributed by atoms with Gasteiger partial charge in [-0.15, -0.1) is 11.3 Å². The molecule has 0 aliphatic rings. The van der Waals surface area contributed by atoms with Crippen LogP contribution in [0.15, 0.2) is 63.3 Å². The molecule has 23 heavy (non-hydrogen) atoms. The van der Waals surface area contributed by atoms with E-state index in [1.807, 2.05) is 6.20 Å². The predicted octanol–water partition coefficient (Wildman–Crippen LogP) is 6.06. The van der Waals surface area contributed by atoms with E-state index in [0.29, 0.717) is 0 Å². The Balaban J connectivity index is 1.91. The minimum absolute atomic E-state index is 0.945. The molecule has 3 aromatic heterocycles. The maximum absolute atomic E-state index is 4.50. The summed E-state index contributed by atoms with van der Waals surface area (Å²) < 4.78 is 1.29. The summed E-state index contributed by atoms with van der Waals surface area (Å²) in [5.41, 5.74) is 6.01. The van der Waals surface area contributed by atoms with Gasteiger partial charge in [-0.25, -0.2) is 4.98 Å². The van der Waals surface area contributed by atoms with Crippen LogP contribution in [0.2, 0.25) is 0 Å². The van der Waals surface area contributed by atoms with E-state index in [2.05, 4.69) is 71.8 Å². The largest absolute Gasteiger partial charge is 0.345 e. The lowest BCUT2D eigenvalue weighted by Crippen LogP contribution is -1.86. The van der Waals surface area contributed by atoms with Crippen molar-refractivity contribution in [2.75, 3.05) is 0 Å². The number of nitrogens with zero attached hydrogens (tertiary/aromatic N) is 1. The summed E-state index contributed by atoms with van der Waals surface area (Å²) in [5, 5.41) is 3.32. The molecule has 0 amide bonds. The molecule has 114 valence electrons. The van der Waals surface area contributed by atoms with Gasteiger partial charge >= 0.3 is 0 Å². The number of hydrogen-bond donors (Lipinski definition) is 1. The first-order chi connectivity index (χ1) is 11.2. The van der Waals surface area contributed by atoms with Crippen LogP contribution in [0.5, 0.6) is 0 Å². The number of aromatic amines is 1. The number of H-pyrrole nitrogens is 1. The number of nitrogens with one attached hydrogen (secondary N) is 1. The second kappa shape index (κ2) is 5.87. The summed E-state index contributed by atoms with van der Waals surface area (Å²) in [6.45, 7) is 4.29. The third-order valence-electron chi connectivity index (χ3n) is 3.78. The van der Waals surface area contributed by atoms with Crippen LogP contribution >= 0.6 is 23.1 Å². The third kappa shape index (κ3) is 2.80. The quantitative estimate of drug-likeness (QED) is 0.492. The van der Waals surface area contributed by atoms with E-state index >= 15 is 0 Å². The number of rotatable bonds is 3. The molecule has 4 rings (SSSR count). The lowest BCUT2D eigenvalue weighted by Gasteiger charge is -2.08. The lowest BCUT2D eigenvalue weighted by atomic mass is 9.99. The van der Waals surface area contributed by atoms with E-state index in [1.54, 1.807) is 23.1 Å². The van der Waals surface area contributed by atoms with Crippen molar-refractivity contribution in [3.05, 3.63) is 65.3 Å². The first-order valence-corrected chi connectivity index (χ1v) is 9.16. The zero-order chi connectivity index (χ0) is 15.8. The number of thiophene rings is 1. The van der Waals surface area contributed by atoms with Gasteiger partial charge in [0.2, 0.25) is 0 Å². The van der Waals surface area contributed by atoms with E-state index in [4.69, 9.17) is 0 Å². The second-order valence-corrected chi connectivity index (χ2v) is 7.94. The highest BCUT2D eigenvalue weighted by Gasteiger charge is 2.13. The molecule has 2 nitrogen and oxygen atoms in total. The van der Waals surface area contributed by atoms with Crippen LogP contribution in [0.4, 0.5) is 0 Å². The topological polar surface area (TPSA) is 28.7 Å². The Morgan fingerprint density at radius 3 is 2.65 bits per heavy atom. The van der Waals surface area contributed by atoms with Crippen molar-refractivity contribution in [2.45, 2.75) is 23.0 Å². The Kier molecular flexibility index (Phi) is 3.71. The molecule has 0 atom stereocenters. The number of aryl methyl sites for hydroxylation is 2. The zero-order valence-corrected chi connectivity index (χ0v) is 14.6. The Labute approximate surface area is 143 Å². The minimum atomic E-state index is 0.945. The number of fused-ring (bicyclic) bond motifs is 1. The molecule has 1 N–H and O–H groups in total. The summed E-state index contributed by atoms with van der Waals surface area (Å²) in [5.74, 6) is 0. The molecular formula is C19H16N2S2. The molecule has 4 heteroatoms. The van der Waals surface area contributed by atoms with Crippen LogP contribution < -0.4 is 0 Å². The monoisotopic (exact) mass is 336 g/mol. The summed E-state index contributed by atoms with van der Waals surface area (Å²) in [6, 6.07) is 13.1. The van der Waals surface area contributed by atoms with Crippen molar-refractivity contribution < 1.29 is 0 Å². The van der Waals surface area contributed by atoms with Crippen molar-refractivity contribution >= 4 is 34.1 Å². The molecule has 4 aromatic rings. The summed E-state index contributed by atoms with van der Waals surface area (Å²) >= 11 is 3.56. The van der Waals surface area contributed by atoms with Crippen molar-refractivity contribution in [3.8, 4) is 11.1 Å². The van der Waals surface area contributed by atoms with Gasteiger partial charge in [-0.2, -0.15) is 0 Å². The average molecular weight is 336 g/mol. The second-order valence-electron chi connectivity index (χ2n) is 5.65. The van der Waals surface area contributed by atoms with Gasteiger partial charge in [-0.3, -0.25) is 0 Å². The molecular weight excluding hydrogens is 320 g/mol. The third-order valence-corrected chi connectivity index (χ3v) is 5.86. The fourth-order valence-corrected chi connectivity index (χ4v) is 4.77. The number of hydrogen-bond acceptors (Lipinski definition) is 3. The molecule has 0 bridgehead atoms. The highest BCUT2D eigenvalue weighted by atomic mass is 32.2. The van der Waals surface area contributed by atoms with Gasteiger partial charge in [0.25, 0.3) is 0 Å². The number of benzene rings is 1. The maximum atomic E-state index is 4.50. The molecule has 3 heterocycles. The van der Waals surface area contributed by atoms with E-state index < -0.39 is 0 Å².